The first kappa shape index (κ1) is 21.8. The summed E-state index contributed by atoms with van der Waals surface area (Å²) in [4.78, 5) is 28.9. The number of nitrogens with zero attached hydrogens (tertiary/aromatic N) is 3. The third-order valence-corrected chi connectivity index (χ3v) is 5.48. The van der Waals surface area contributed by atoms with Crippen LogP contribution in [0.4, 0.5) is 9.18 Å². The zero-order valence-electron chi connectivity index (χ0n) is 17.6. The monoisotopic (exact) mass is 417 g/mol. The van der Waals surface area contributed by atoms with E-state index in [1.165, 1.54) is 12.1 Å². The van der Waals surface area contributed by atoms with Gasteiger partial charge < -0.3 is 19.3 Å². The second-order valence-corrected chi connectivity index (χ2v) is 7.31. The normalized spacial score (nSPS) is 15.8. The summed E-state index contributed by atoms with van der Waals surface area (Å²) in [5, 5.41) is 10.7. The van der Waals surface area contributed by atoms with Gasteiger partial charge in [0.25, 0.3) is 5.56 Å². The van der Waals surface area contributed by atoms with Gasteiger partial charge in [-0.3, -0.25) is 9.69 Å². The minimum absolute atomic E-state index is 0.107. The number of benzene rings is 1. The molecule has 0 radical (unpaired) electrons. The van der Waals surface area contributed by atoms with Crippen LogP contribution in [-0.4, -0.2) is 58.4 Å². The van der Waals surface area contributed by atoms with Crippen molar-refractivity contribution < 1.29 is 19.0 Å². The second kappa shape index (κ2) is 9.30. The van der Waals surface area contributed by atoms with E-state index in [2.05, 4.69) is 0 Å². The number of pyridine rings is 1. The molecular formula is C22H28FN3O4. The Labute approximate surface area is 175 Å². The summed E-state index contributed by atoms with van der Waals surface area (Å²) in [7, 11) is 0. The molecule has 2 aromatic rings. The van der Waals surface area contributed by atoms with Gasteiger partial charge in [0, 0.05) is 38.4 Å². The molecule has 3 rings (SSSR count). The smallest absolute Gasteiger partial charge is 0.409 e. The second-order valence-electron chi connectivity index (χ2n) is 7.31. The van der Waals surface area contributed by atoms with Crippen LogP contribution in [0.3, 0.4) is 0 Å². The van der Waals surface area contributed by atoms with Crippen LogP contribution in [-0.2, 0) is 11.3 Å². The molecule has 1 N–H and O–H groups in total. The third-order valence-electron chi connectivity index (χ3n) is 5.48. The van der Waals surface area contributed by atoms with Crippen molar-refractivity contribution in [1.29, 1.82) is 0 Å². The van der Waals surface area contributed by atoms with Gasteiger partial charge in [0.05, 0.1) is 18.2 Å². The van der Waals surface area contributed by atoms with Crippen molar-refractivity contribution in [2.24, 2.45) is 0 Å². The number of ether oxygens (including phenoxy) is 1. The highest BCUT2D eigenvalue weighted by Gasteiger charge is 2.32. The quantitative estimate of drug-likeness (QED) is 0.810. The van der Waals surface area contributed by atoms with Crippen molar-refractivity contribution >= 4 is 6.09 Å². The molecule has 1 aromatic carbocycles. The Kier molecular flexibility index (Phi) is 6.77. The van der Waals surface area contributed by atoms with Crippen molar-refractivity contribution in [3.05, 3.63) is 63.3 Å². The number of aryl methyl sites for hydroxylation is 1. The number of carbonyl (C=O) groups is 1. The Morgan fingerprint density at radius 3 is 2.50 bits per heavy atom. The lowest BCUT2D eigenvalue weighted by Crippen LogP contribution is -2.50. The molecule has 7 nitrogen and oxygen atoms in total. The van der Waals surface area contributed by atoms with E-state index in [4.69, 9.17) is 4.74 Å². The number of aromatic hydroxyl groups is 1. The van der Waals surface area contributed by atoms with Crippen molar-refractivity contribution in [2.45, 2.75) is 33.4 Å². The van der Waals surface area contributed by atoms with E-state index in [0.717, 1.165) is 0 Å². The maximum Gasteiger partial charge on any atom is 0.409 e. The highest BCUT2D eigenvalue weighted by Crippen LogP contribution is 2.33. The van der Waals surface area contributed by atoms with Crippen molar-refractivity contribution in [3.63, 3.8) is 0 Å². The number of carbonyl (C=O) groups excluding carboxylic acids is 1. The lowest BCUT2D eigenvalue weighted by atomic mass is 9.96. The fraction of sp³-hybridized carbons (Fsp3) is 0.455. The Bertz CT molecular complexity index is 967. The van der Waals surface area contributed by atoms with Gasteiger partial charge in [-0.25, -0.2) is 9.18 Å². The average Bonchev–Trinajstić information content (AvgIpc) is 2.71. The average molecular weight is 417 g/mol. The third kappa shape index (κ3) is 4.33. The van der Waals surface area contributed by atoms with Gasteiger partial charge in [0.1, 0.15) is 11.6 Å². The fourth-order valence-electron chi connectivity index (χ4n) is 4.03. The minimum Gasteiger partial charge on any atom is -0.507 e. The molecule has 2 heterocycles. The zero-order valence-corrected chi connectivity index (χ0v) is 17.6. The highest BCUT2D eigenvalue weighted by molar-refractivity contribution is 5.67. The molecule has 0 saturated carbocycles. The summed E-state index contributed by atoms with van der Waals surface area (Å²) >= 11 is 0. The van der Waals surface area contributed by atoms with E-state index >= 15 is 0 Å². The van der Waals surface area contributed by atoms with E-state index in [0.29, 0.717) is 50.6 Å². The van der Waals surface area contributed by atoms with Gasteiger partial charge >= 0.3 is 6.09 Å². The lowest BCUT2D eigenvalue weighted by molar-refractivity contribution is 0.0709. The number of hydrogen-bond acceptors (Lipinski definition) is 5. The van der Waals surface area contributed by atoms with Gasteiger partial charge in [0.15, 0.2) is 0 Å². The minimum atomic E-state index is -0.629. The molecule has 0 bridgehead atoms. The van der Waals surface area contributed by atoms with E-state index in [1.54, 1.807) is 41.5 Å². The van der Waals surface area contributed by atoms with Gasteiger partial charge in [-0.2, -0.15) is 0 Å². The molecule has 1 aliphatic rings. The van der Waals surface area contributed by atoms with Crippen LogP contribution < -0.4 is 5.56 Å². The Hall–Kier alpha value is -2.87. The number of aromatic nitrogens is 1. The number of amides is 1. The maximum atomic E-state index is 14.0. The summed E-state index contributed by atoms with van der Waals surface area (Å²) in [6.07, 6.45) is -0.369. The standard InChI is InChI=1S/C22H28FN3O4/c1-4-26-15(3)13-18(27)19(21(26)28)20(16-7-6-8-17(23)14-16)24-9-11-25(12-10-24)22(29)30-5-2/h6-8,13-14,20,27H,4-5,9-12H2,1-3H3/t20-/m1/s1. The van der Waals surface area contributed by atoms with Crippen LogP contribution >= 0.6 is 0 Å². The molecule has 1 amide bonds. The Balaban J connectivity index is 2.03. The van der Waals surface area contributed by atoms with E-state index < -0.39 is 11.9 Å². The molecule has 8 heteroatoms. The Morgan fingerprint density at radius 1 is 1.20 bits per heavy atom. The van der Waals surface area contributed by atoms with Crippen molar-refractivity contribution in [2.75, 3.05) is 32.8 Å². The van der Waals surface area contributed by atoms with Crippen LogP contribution in [0.25, 0.3) is 0 Å². The Morgan fingerprint density at radius 2 is 1.90 bits per heavy atom. The molecule has 1 fully saturated rings. The van der Waals surface area contributed by atoms with Gasteiger partial charge in [0.2, 0.25) is 0 Å². The van der Waals surface area contributed by atoms with Gasteiger partial charge in [-0.15, -0.1) is 0 Å². The SMILES string of the molecule is CCOC(=O)N1CCN([C@H](c2cccc(F)c2)c2c(O)cc(C)n(CC)c2=O)CC1. The van der Waals surface area contributed by atoms with Crippen molar-refractivity contribution in [3.8, 4) is 5.75 Å². The molecular weight excluding hydrogens is 389 g/mol. The number of hydrogen-bond donors (Lipinski definition) is 1. The molecule has 30 heavy (non-hydrogen) atoms. The predicted molar refractivity (Wildman–Crippen MR) is 111 cm³/mol. The van der Waals surface area contributed by atoms with E-state index in [1.807, 2.05) is 11.8 Å². The van der Waals surface area contributed by atoms with Crippen LogP contribution in [0.1, 0.15) is 36.7 Å². The molecule has 1 aromatic heterocycles. The fourth-order valence-corrected chi connectivity index (χ4v) is 4.03. The topological polar surface area (TPSA) is 75.0 Å². The first-order valence-corrected chi connectivity index (χ1v) is 10.2. The van der Waals surface area contributed by atoms with Crippen molar-refractivity contribution in [1.82, 2.24) is 14.4 Å². The maximum absolute atomic E-state index is 14.0. The first-order valence-electron chi connectivity index (χ1n) is 10.2. The summed E-state index contributed by atoms with van der Waals surface area (Å²) < 4.78 is 20.7. The molecule has 0 aliphatic carbocycles. The molecule has 0 spiro atoms. The molecule has 1 saturated heterocycles. The summed E-state index contributed by atoms with van der Waals surface area (Å²) in [5.41, 5.74) is 1.17. The molecule has 1 aliphatic heterocycles. The van der Waals surface area contributed by atoms with Crippen LogP contribution in [0.2, 0.25) is 0 Å². The van der Waals surface area contributed by atoms with Crippen LogP contribution in [0, 0.1) is 12.7 Å². The van der Waals surface area contributed by atoms with Crippen LogP contribution in [0.15, 0.2) is 35.1 Å². The van der Waals surface area contributed by atoms with E-state index in [9.17, 15) is 19.1 Å². The molecule has 0 unspecified atom stereocenters. The first-order chi connectivity index (χ1) is 14.4. The number of rotatable bonds is 5. The van der Waals surface area contributed by atoms with Gasteiger partial charge in [-0.1, -0.05) is 12.1 Å². The van der Waals surface area contributed by atoms with E-state index in [-0.39, 0.29) is 23.0 Å². The summed E-state index contributed by atoms with van der Waals surface area (Å²) in [5.74, 6) is -0.519. The zero-order chi connectivity index (χ0) is 21.8. The highest BCUT2D eigenvalue weighted by atomic mass is 19.1. The van der Waals surface area contributed by atoms with Gasteiger partial charge in [-0.05, 0) is 44.5 Å². The number of piperazine rings is 1. The predicted octanol–water partition coefficient (Wildman–Crippen LogP) is 2.88. The largest absolute Gasteiger partial charge is 0.507 e. The number of halogens is 1. The summed E-state index contributed by atoms with van der Waals surface area (Å²) in [6.45, 7) is 7.90. The lowest BCUT2D eigenvalue weighted by Gasteiger charge is -2.39. The van der Waals surface area contributed by atoms with Crippen LogP contribution in [0.5, 0.6) is 5.75 Å². The summed E-state index contributed by atoms with van der Waals surface area (Å²) in [6, 6.07) is 7.02. The molecule has 162 valence electrons. The molecule has 1 atom stereocenters.